The van der Waals surface area contributed by atoms with E-state index in [2.05, 4.69) is 38.0 Å². The van der Waals surface area contributed by atoms with Gasteiger partial charge in [-0.3, -0.25) is 0 Å². The van der Waals surface area contributed by atoms with E-state index in [1.54, 1.807) is 0 Å². The van der Waals surface area contributed by atoms with Gasteiger partial charge in [-0.15, -0.1) is 12.3 Å². The van der Waals surface area contributed by atoms with Gasteiger partial charge in [-0.05, 0) is 30.9 Å². The molecule has 1 fully saturated rings. The maximum atomic E-state index is 5.96. The first-order chi connectivity index (χ1) is 9.22. The topological polar surface area (TPSA) is 53.9 Å². The number of hydrogen-bond donors (Lipinski definition) is 1. The molecule has 0 spiro atoms. The van der Waals surface area contributed by atoms with Crippen LogP contribution >= 0.6 is 11.6 Å². The molecule has 1 aliphatic rings. The van der Waals surface area contributed by atoms with Gasteiger partial charge in [-0.2, -0.15) is 15.0 Å². The Balaban J connectivity index is 2.14. The van der Waals surface area contributed by atoms with Crippen LogP contribution in [0, 0.1) is 12.3 Å². The largest absolute Gasteiger partial charge is 0.350 e. The highest BCUT2D eigenvalue weighted by Crippen LogP contribution is 2.19. The van der Waals surface area contributed by atoms with Gasteiger partial charge >= 0.3 is 0 Å². The first-order valence-corrected chi connectivity index (χ1v) is 6.97. The van der Waals surface area contributed by atoms with Crippen molar-refractivity contribution in [3.05, 3.63) is 5.28 Å². The molecule has 6 heteroatoms. The Labute approximate surface area is 118 Å². The van der Waals surface area contributed by atoms with Crippen molar-refractivity contribution < 1.29 is 0 Å². The number of aromatic nitrogens is 3. The van der Waals surface area contributed by atoms with Crippen molar-refractivity contribution in [1.82, 2.24) is 15.0 Å². The lowest BCUT2D eigenvalue weighted by molar-refractivity contribution is 0.704. The molecular formula is C13H18ClN5. The first-order valence-electron chi connectivity index (χ1n) is 6.59. The molecule has 19 heavy (non-hydrogen) atoms. The second kappa shape index (κ2) is 6.58. The minimum atomic E-state index is 0.162. The van der Waals surface area contributed by atoms with E-state index >= 15 is 0 Å². The van der Waals surface area contributed by atoms with E-state index in [9.17, 15) is 0 Å². The minimum absolute atomic E-state index is 0.162. The number of terminal acetylenes is 1. The maximum Gasteiger partial charge on any atom is 0.231 e. The summed E-state index contributed by atoms with van der Waals surface area (Å²) in [6.07, 6.45) is 9.22. The van der Waals surface area contributed by atoms with Crippen molar-refractivity contribution in [2.45, 2.75) is 38.6 Å². The fourth-order valence-electron chi connectivity index (χ4n) is 2.08. The number of nitrogens with one attached hydrogen (secondary N) is 1. The van der Waals surface area contributed by atoms with Gasteiger partial charge < -0.3 is 10.2 Å². The molecule has 1 atom stereocenters. The number of halogens is 1. The summed E-state index contributed by atoms with van der Waals surface area (Å²) in [7, 11) is 0. The molecule has 0 saturated carbocycles. The summed E-state index contributed by atoms with van der Waals surface area (Å²) in [5.41, 5.74) is 0. The fourth-order valence-corrected chi connectivity index (χ4v) is 2.24. The van der Waals surface area contributed by atoms with E-state index in [1.807, 2.05) is 0 Å². The van der Waals surface area contributed by atoms with Crippen molar-refractivity contribution >= 4 is 23.5 Å². The average Bonchev–Trinajstić information content (AvgIpc) is 2.91. The third-order valence-electron chi connectivity index (χ3n) is 3.18. The predicted octanol–water partition coefficient (Wildman–Crippen LogP) is 2.34. The van der Waals surface area contributed by atoms with Crippen LogP contribution < -0.4 is 10.2 Å². The van der Waals surface area contributed by atoms with Crippen LogP contribution in [0.15, 0.2) is 0 Å². The van der Waals surface area contributed by atoms with E-state index in [0.29, 0.717) is 18.3 Å². The van der Waals surface area contributed by atoms with Gasteiger partial charge in [-0.25, -0.2) is 0 Å². The molecule has 0 amide bonds. The Kier molecular flexibility index (Phi) is 4.80. The molecule has 1 unspecified atom stereocenters. The second-order valence-corrected chi connectivity index (χ2v) is 4.92. The summed E-state index contributed by atoms with van der Waals surface area (Å²) in [5, 5.41) is 3.44. The summed E-state index contributed by atoms with van der Waals surface area (Å²) in [6, 6.07) is 0.162. The molecule has 0 bridgehead atoms. The molecule has 0 aliphatic carbocycles. The molecule has 1 N–H and O–H groups in total. The van der Waals surface area contributed by atoms with Crippen LogP contribution in [-0.4, -0.2) is 34.1 Å². The zero-order valence-electron chi connectivity index (χ0n) is 11.1. The third kappa shape index (κ3) is 3.71. The Hall–Kier alpha value is -1.54. The molecule has 1 aromatic rings. The van der Waals surface area contributed by atoms with E-state index < -0.39 is 0 Å². The number of rotatable bonds is 5. The maximum absolute atomic E-state index is 5.96. The Bertz CT molecular complexity index is 465. The normalized spacial score (nSPS) is 16.2. The highest BCUT2D eigenvalue weighted by molar-refractivity contribution is 6.28. The molecule has 5 nitrogen and oxygen atoms in total. The lowest BCUT2D eigenvalue weighted by Crippen LogP contribution is -2.24. The molecule has 1 aliphatic heterocycles. The van der Waals surface area contributed by atoms with Gasteiger partial charge in [0, 0.05) is 25.6 Å². The SMILES string of the molecule is C#CCC(CC)Nc1nc(Cl)nc(N2CCCC2)n1. The lowest BCUT2D eigenvalue weighted by Gasteiger charge is -2.18. The predicted molar refractivity (Wildman–Crippen MR) is 77.4 cm³/mol. The van der Waals surface area contributed by atoms with E-state index in [1.165, 1.54) is 12.8 Å². The monoisotopic (exact) mass is 279 g/mol. The van der Waals surface area contributed by atoms with Gasteiger partial charge in [0.2, 0.25) is 17.2 Å². The van der Waals surface area contributed by atoms with Gasteiger partial charge in [0.1, 0.15) is 0 Å². The van der Waals surface area contributed by atoms with Crippen LogP contribution in [0.25, 0.3) is 0 Å². The van der Waals surface area contributed by atoms with Crippen LogP contribution in [0.2, 0.25) is 5.28 Å². The summed E-state index contributed by atoms with van der Waals surface area (Å²) in [5.74, 6) is 3.80. The van der Waals surface area contributed by atoms with E-state index in [4.69, 9.17) is 18.0 Å². The number of anilines is 2. The van der Waals surface area contributed by atoms with Crippen molar-refractivity contribution in [1.29, 1.82) is 0 Å². The van der Waals surface area contributed by atoms with E-state index in [0.717, 1.165) is 19.5 Å². The molecule has 0 radical (unpaired) electrons. The highest BCUT2D eigenvalue weighted by atomic mass is 35.5. The molecule has 102 valence electrons. The molecule has 2 heterocycles. The molecule has 1 aromatic heterocycles. The quantitative estimate of drug-likeness (QED) is 0.839. The molecular weight excluding hydrogens is 262 g/mol. The summed E-state index contributed by atoms with van der Waals surface area (Å²) < 4.78 is 0. The van der Waals surface area contributed by atoms with Crippen LogP contribution in [0.5, 0.6) is 0 Å². The third-order valence-corrected chi connectivity index (χ3v) is 3.34. The minimum Gasteiger partial charge on any atom is -0.350 e. The summed E-state index contributed by atoms with van der Waals surface area (Å²) in [4.78, 5) is 14.8. The van der Waals surface area contributed by atoms with Crippen LogP contribution in [0.3, 0.4) is 0 Å². The number of nitrogens with zero attached hydrogens (tertiary/aromatic N) is 4. The van der Waals surface area contributed by atoms with Crippen LogP contribution in [0.1, 0.15) is 32.6 Å². The fraction of sp³-hybridized carbons (Fsp3) is 0.615. The average molecular weight is 280 g/mol. The van der Waals surface area contributed by atoms with Crippen molar-refractivity contribution in [2.75, 3.05) is 23.3 Å². The Morgan fingerprint density at radius 1 is 1.37 bits per heavy atom. The summed E-state index contributed by atoms with van der Waals surface area (Å²) in [6.45, 7) is 4.02. The highest BCUT2D eigenvalue weighted by Gasteiger charge is 2.17. The van der Waals surface area contributed by atoms with Gasteiger partial charge in [0.15, 0.2) is 0 Å². The van der Waals surface area contributed by atoms with Gasteiger partial charge in [-0.1, -0.05) is 6.92 Å². The zero-order valence-corrected chi connectivity index (χ0v) is 11.8. The van der Waals surface area contributed by atoms with Crippen LogP contribution in [-0.2, 0) is 0 Å². The lowest BCUT2D eigenvalue weighted by atomic mass is 10.2. The molecule has 1 saturated heterocycles. The zero-order chi connectivity index (χ0) is 13.7. The Morgan fingerprint density at radius 2 is 2.11 bits per heavy atom. The van der Waals surface area contributed by atoms with Gasteiger partial charge in [0.05, 0.1) is 0 Å². The van der Waals surface area contributed by atoms with Crippen LogP contribution in [0.4, 0.5) is 11.9 Å². The molecule has 2 rings (SSSR count). The molecule has 0 aromatic carbocycles. The number of hydrogen-bond acceptors (Lipinski definition) is 5. The second-order valence-electron chi connectivity index (χ2n) is 4.58. The first kappa shape index (κ1) is 13.9. The summed E-state index contributed by atoms with van der Waals surface area (Å²) >= 11 is 5.96. The Morgan fingerprint density at radius 3 is 2.74 bits per heavy atom. The smallest absolute Gasteiger partial charge is 0.231 e. The van der Waals surface area contributed by atoms with E-state index in [-0.39, 0.29) is 11.3 Å². The standard InChI is InChI=1S/C13H18ClN5/c1-3-7-10(4-2)15-12-16-11(14)17-13(18-12)19-8-5-6-9-19/h1,10H,4-9H2,2H3,(H,15,16,17,18). The van der Waals surface area contributed by atoms with Crippen molar-refractivity contribution in [2.24, 2.45) is 0 Å². The van der Waals surface area contributed by atoms with Gasteiger partial charge in [0.25, 0.3) is 0 Å². The van der Waals surface area contributed by atoms with Crippen molar-refractivity contribution in [3.8, 4) is 12.3 Å². The van der Waals surface area contributed by atoms with Crippen molar-refractivity contribution in [3.63, 3.8) is 0 Å².